The van der Waals surface area contributed by atoms with Gasteiger partial charge < -0.3 is 14.3 Å². The summed E-state index contributed by atoms with van der Waals surface area (Å²) in [6.07, 6.45) is 2.74. The van der Waals surface area contributed by atoms with Crippen molar-refractivity contribution in [2.45, 2.75) is 6.04 Å². The fourth-order valence-electron chi connectivity index (χ4n) is 0.954. The van der Waals surface area contributed by atoms with Crippen molar-refractivity contribution >= 4 is 35.2 Å². The molecule has 0 rings (SSSR count). The number of hydrogen-bond donors (Lipinski definition) is 0. The number of esters is 2. The van der Waals surface area contributed by atoms with Crippen molar-refractivity contribution in [1.82, 2.24) is 0 Å². The minimum Gasteiger partial charge on any atom is -0.463 e. The average Bonchev–Trinajstić information content (AvgIpc) is 2.38. The second-order valence-electron chi connectivity index (χ2n) is 3.20. The molecule has 0 fully saturated rings. The van der Waals surface area contributed by atoms with Gasteiger partial charge >= 0.3 is 11.9 Å². The molecule has 1 unspecified atom stereocenters. The van der Waals surface area contributed by atoms with Crippen LogP contribution in [0.2, 0.25) is 6.04 Å². The van der Waals surface area contributed by atoms with Crippen LogP contribution >= 0.6 is 8.58 Å². The maximum atomic E-state index is 11.4. The van der Waals surface area contributed by atoms with E-state index in [0.717, 1.165) is 12.2 Å². The minimum absolute atomic E-state index is 0.164. The third-order valence-corrected chi connectivity index (χ3v) is 5.24. The van der Waals surface area contributed by atoms with Crippen LogP contribution in [0, 0.1) is 0 Å². The zero-order valence-electron chi connectivity index (χ0n) is 10.1. The summed E-state index contributed by atoms with van der Waals surface area (Å²) in [6, 6.07) is 0.637. The van der Waals surface area contributed by atoms with E-state index in [9.17, 15) is 14.4 Å². The fraction of sp³-hybridized carbons (Fsp3) is 0.364. The maximum Gasteiger partial charge on any atom is 0.330 e. The summed E-state index contributed by atoms with van der Waals surface area (Å²) in [5, 5.41) is 0.222. The lowest BCUT2D eigenvalue weighted by Gasteiger charge is -2.02. The molecule has 7 heteroatoms. The van der Waals surface area contributed by atoms with E-state index in [1.54, 1.807) is 0 Å². The predicted octanol–water partition coefficient (Wildman–Crippen LogP) is 0.830. The molecule has 0 aliphatic rings. The molecular weight excluding hydrogens is 271 g/mol. The van der Waals surface area contributed by atoms with E-state index in [1.165, 1.54) is 0 Å². The van der Waals surface area contributed by atoms with Crippen molar-refractivity contribution in [3.8, 4) is 0 Å². The molecule has 0 saturated heterocycles. The van der Waals surface area contributed by atoms with Crippen LogP contribution in [-0.4, -0.2) is 46.0 Å². The molecule has 0 aromatic carbocycles. The Kier molecular flexibility index (Phi) is 10.1. The van der Waals surface area contributed by atoms with Gasteiger partial charge in [-0.1, -0.05) is 21.7 Å². The Balaban J connectivity index is 3.43. The first-order chi connectivity index (χ1) is 8.60. The Labute approximate surface area is 110 Å². The van der Waals surface area contributed by atoms with Crippen molar-refractivity contribution in [3.05, 3.63) is 25.3 Å². The molecule has 0 heterocycles. The van der Waals surface area contributed by atoms with Crippen LogP contribution < -0.4 is 0 Å². The number of carbonyl (C=O) groups excluding carboxylic acids is 3. The van der Waals surface area contributed by atoms with Gasteiger partial charge in [-0.25, -0.2) is 9.59 Å². The molecule has 0 saturated carbocycles. The highest BCUT2D eigenvalue weighted by Gasteiger charge is 2.04. The largest absolute Gasteiger partial charge is 0.463 e. The number of rotatable bonds is 10. The summed E-state index contributed by atoms with van der Waals surface area (Å²) >= 11 is 0. The van der Waals surface area contributed by atoms with Gasteiger partial charge in [-0.15, -0.1) is 0 Å². The van der Waals surface area contributed by atoms with Gasteiger partial charge in [0.2, 0.25) is 0 Å². The Morgan fingerprint density at radius 2 is 1.61 bits per heavy atom. The molecule has 0 radical (unpaired) electrons. The van der Waals surface area contributed by atoms with E-state index in [4.69, 9.17) is 9.47 Å². The Hall–Kier alpha value is -1.26. The van der Waals surface area contributed by atoms with Crippen LogP contribution in [0.3, 0.4) is 0 Å². The monoisotopic (exact) mass is 288 g/mol. The SMILES string of the molecule is C=CC(=O)OCC[SiH2]C(=O)PCCOC(=O)C=C. The number of hydrogen-bond acceptors (Lipinski definition) is 5. The molecule has 0 N–H and O–H groups in total. The molecule has 1 atom stereocenters. The van der Waals surface area contributed by atoms with Crippen molar-refractivity contribution in [1.29, 1.82) is 0 Å². The molecule has 0 bridgehead atoms. The van der Waals surface area contributed by atoms with E-state index >= 15 is 0 Å². The van der Waals surface area contributed by atoms with Crippen molar-refractivity contribution < 1.29 is 23.9 Å². The summed E-state index contributed by atoms with van der Waals surface area (Å²) in [4.78, 5) is 32.8. The lowest BCUT2D eigenvalue weighted by Crippen LogP contribution is -2.09. The summed E-state index contributed by atoms with van der Waals surface area (Å²) in [7, 11) is -0.703. The Morgan fingerprint density at radius 1 is 1.06 bits per heavy atom. The summed E-state index contributed by atoms with van der Waals surface area (Å²) in [6.45, 7) is 7.05. The third-order valence-electron chi connectivity index (χ3n) is 1.79. The first kappa shape index (κ1) is 16.7. The molecule has 0 amide bonds. The van der Waals surface area contributed by atoms with Crippen LogP contribution in [0.4, 0.5) is 4.79 Å². The first-order valence-corrected chi connectivity index (χ1v) is 8.36. The van der Waals surface area contributed by atoms with E-state index in [-0.39, 0.29) is 26.9 Å². The minimum atomic E-state index is -0.866. The van der Waals surface area contributed by atoms with Gasteiger partial charge in [-0.05, 0) is 6.04 Å². The smallest absolute Gasteiger partial charge is 0.330 e. The van der Waals surface area contributed by atoms with Crippen molar-refractivity contribution in [3.63, 3.8) is 0 Å². The van der Waals surface area contributed by atoms with Gasteiger partial charge in [0.1, 0.15) is 14.7 Å². The highest BCUT2D eigenvalue weighted by atomic mass is 31.1. The fourth-order valence-corrected chi connectivity index (χ4v) is 3.81. The summed E-state index contributed by atoms with van der Waals surface area (Å²) < 4.78 is 9.51. The average molecular weight is 288 g/mol. The molecule has 5 nitrogen and oxygen atoms in total. The maximum absolute atomic E-state index is 11.4. The highest BCUT2D eigenvalue weighted by molar-refractivity contribution is 7.64. The first-order valence-electron chi connectivity index (χ1n) is 5.45. The second-order valence-corrected chi connectivity index (χ2v) is 7.16. The lowest BCUT2D eigenvalue weighted by atomic mass is 10.6. The Morgan fingerprint density at radius 3 is 2.17 bits per heavy atom. The molecule has 0 spiro atoms. The number of carbonyl (C=O) groups is 3. The quantitative estimate of drug-likeness (QED) is 0.196. The Bertz CT molecular complexity index is 299. The second kappa shape index (κ2) is 10.9. The van der Waals surface area contributed by atoms with Crippen LogP contribution in [0.5, 0.6) is 0 Å². The van der Waals surface area contributed by atoms with Gasteiger partial charge in [-0.3, -0.25) is 0 Å². The van der Waals surface area contributed by atoms with E-state index in [1.807, 2.05) is 0 Å². The molecule has 0 aliphatic heterocycles. The molecule has 0 aliphatic carbocycles. The number of ether oxygens (including phenoxy) is 2. The van der Waals surface area contributed by atoms with E-state index in [2.05, 4.69) is 13.2 Å². The van der Waals surface area contributed by atoms with Crippen LogP contribution in [0.1, 0.15) is 0 Å². The molecule has 100 valence electrons. The summed E-state index contributed by atoms with van der Waals surface area (Å²) in [5.41, 5.74) is 0. The molecule has 0 aromatic rings. The third kappa shape index (κ3) is 9.93. The van der Waals surface area contributed by atoms with Gasteiger partial charge in [-0.2, -0.15) is 0 Å². The van der Waals surface area contributed by atoms with Crippen LogP contribution in [-0.2, 0) is 19.1 Å². The summed E-state index contributed by atoms with van der Waals surface area (Å²) in [5.74, 6) is -0.934. The van der Waals surface area contributed by atoms with Gasteiger partial charge in [0.25, 0.3) is 0 Å². The van der Waals surface area contributed by atoms with Gasteiger partial charge in [0.05, 0.1) is 13.2 Å². The normalized spacial score (nSPS) is 10.7. The van der Waals surface area contributed by atoms with Crippen LogP contribution in [0.15, 0.2) is 25.3 Å². The molecular formula is C11H17O5PSi. The standard InChI is InChI=1S/C11H17O5PSi/c1-3-9(12)15-5-7-17-11(14)18-8-6-16-10(13)4-2/h3-4,17H,1-2,5-8,18H2. The van der Waals surface area contributed by atoms with Crippen LogP contribution in [0.25, 0.3) is 0 Å². The molecule has 18 heavy (non-hydrogen) atoms. The zero-order chi connectivity index (χ0) is 13.8. The topological polar surface area (TPSA) is 69.7 Å². The van der Waals surface area contributed by atoms with Gasteiger partial charge in [0.15, 0.2) is 0 Å². The predicted molar refractivity (Wildman–Crippen MR) is 74.2 cm³/mol. The lowest BCUT2D eigenvalue weighted by molar-refractivity contribution is -0.138. The van der Waals surface area contributed by atoms with Crippen molar-refractivity contribution in [2.24, 2.45) is 0 Å². The highest BCUT2D eigenvalue weighted by Crippen LogP contribution is 2.12. The van der Waals surface area contributed by atoms with Crippen molar-refractivity contribution in [2.75, 3.05) is 19.4 Å². The van der Waals surface area contributed by atoms with Gasteiger partial charge in [0, 0.05) is 18.3 Å². The molecule has 0 aromatic heterocycles. The zero-order valence-corrected chi connectivity index (χ0v) is 12.6. The van der Waals surface area contributed by atoms with E-state index < -0.39 is 21.5 Å². The van der Waals surface area contributed by atoms with E-state index in [0.29, 0.717) is 12.2 Å².